The van der Waals surface area contributed by atoms with Crippen molar-refractivity contribution in [1.29, 1.82) is 0 Å². The summed E-state index contributed by atoms with van der Waals surface area (Å²) in [4.78, 5) is 31.8. The second-order valence-corrected chi connectivity index (χ2v) is 8.83. The monoisotopic (exact) mass is 472 g/mol. The van der Waals surface area contributed by atoms with Gasteiger partial charge in [0.25, 0.3) is 11.8 Å². The summed E-state index contributed by atoms with van der Waals surface area (Å²) in [5, 5.41) is 7.74. The van der Waals surface area contributed by atoms with E-state index < -0.39 is 5.91 Å². The number of hydrazone groups is 1. The van der Waals surface area contributed by atoms with Crippen LogP contribution in [-0.2, 0) is 0 Å². The molecule has 2 aromatic heterocycles. The predicted molar refractivity (Wildman–Crippen MR) is 136 cm³/mol. The van der Waals surface area contributed by atoms with Gasteiger partial charge >= 0.3 is 0 Å². The Balaban J connectivity index is 1.69. The van der Waals surface area contributed by atoms with Gasteiger partial charge < -0.3 is 10.1 Å². The Labute approximate surface area is 201 Å². The number of aromatic nitrogens is 1. The molecule has 2 N–H and O–H groups in total. The van der Waals surface area contributed by atoms with E-state index in [1.807, 2.05) is 51.1 Å². The average Bonchev–Trinajstić information content (AvgIpc) is 3.18. The zero-order valence-corrected chi connectivity index (χ0v) is 20.1. The number of nitrogens with one attached hydrogen (secondary N) is 2. The zero-order valence-electron chi connectivity index (χ0n) is 19.3. The molecule has 0 saturated heterocycles. The van der Waals surface area contributed by atoms with E-state index in [1.165, 1.54) is 18.4 Å². The van der Waals surface area contributed by atoms with Crippen molar-refractivity contribution in [2.75, 3.05) is 12.4 Å². The van der Waals surface area contributed by atoms with E-state index in [2.05, 4.69) is 20.8 Å². The number of thiophene rings is 1. The van der Waals surface area contributed by atoms with Crippen LogP contribution < -0.4 is 15.5 Å². The molecule has 2 heterocycles. The molecule has 8 heteroatoms. The molecule has 0 aliphatic carbocycles. The van der Waals surface area contributed by atoms with Crippen molar-refractivity contribution in [1.82, 2.24) is 10.4 Å². The van der Waals surface area contributed by atoms with E-state index in [9.17, 15) is 9.59 Å². The number of anilines is 1. The molecular weight excluding hydrogens is 448 g/mol. The van der Waals surface area contributed by atoms with Crippen molar-refractivity contribution in [2.45, 2.75) is 20.8 Å². The molecule has 0 bridgehead atoms. The Morgan fingerprint density at radius 1 is 1.03 bits per heavy atom. The first kappa shape index (κ1) is 23.1. The first-order chi connectivity index (χ1) is 16.4. The fraction of sp³-hybridized carbons (Fsp3) is 0.154. The molecule has 2 amide bonds. The lowest BCUT2D eigenvalue weighted by molar-refractivity contribution is 0.0960. The Morgan fingerprint density at radius 2 is 1.76 bits per heavy atom. The fourth-order valence-electron chi connectivity index (χ4n) is 3.60. The Morgan fingerprint density at radius 3 is 2.50 bits per heavy atom. The topological polar surface area (TPSA) is 92.7 Å². The Bertz CT molecular complexity index is 1410. The summed E-state index contributed by atoms with van der Waals surface area (Å²) in [6.07, 6.45) is 1.57. The second kappa shape index (κ2) is 9.84. The van der Waals surface area contributed by atoms with Gasteiger partial charge in [0.05, 0.1) is 24.6 Å². The third-order valence-corrected chi connectivity index (χ3v) is 6.32. The first-order valence-electron chi connectivity index (χ1n) is 10.6. The van der Waals surface area contributed by atoms with E-state index in [4.69, 9.17) is 4.74 Å². The average molecular weight is 473 g/mol. The number of hydrogen-bond acceptors (Lipinski definition) is 6. The molecule has 0 radical (unpaired) electrons. The summed E-state index contributed by atoms with van der Waals surface area (Å²) >= 11 is 1.21. The van der Waals surface area contributed by atoms with E-state index in [-0.39, 0.29) is 5.91 Å². The van der Waals surface area contributed by atoms with E-state index >= 15 is 0 Å². The molecule has 0 aliphatic rings. The normalized spacial score (nSPS) is 11.1. The lowest BCUT2D eigenvalue weighted by atomic mass is 10.1. The minimum atomic E-state index is -0.432. The van der Waals surface area contributed by atoms with Crippen LogP contribution in [0, 0.1) is 20.8 Å². The number of carbonyl (C=O) groups excluding carboxylic acids is 2. The lowest BCUT2D eigenvalue weighted by Gasteiger charge is -2.11. The number of pyridine rings is 1. The molecule has 0 unspecified atom stereocenters. The third kappa shape index (κ3) is 4.82. The summed E-state index contributed by atoms with van der Waals surface area (Å²) in [6, 6.07) is 16.6. The molecule has 34 heavy (non-hydrogen) atoms. The van der Waals surface area contributed by atoms with Crippen molar-refractivity contribution >= 4 is 45.3 Å². The van der Waals surface area contributed by atoms with Crippen LogP contribution in [0.15, 0.2) is 59.7 Å². The molecule has 2 aromatic carbocycles. The van der Waals surface area contributed by atoms with Gasteiger partial charge in [-0.2, -0.15) is 5.10 Å². The highest BCUT2D eigenvalue weighted by Gasteiger charge is 2.24. The van der Waals surface area contributed by atoms with Gasteiger partial charge in [0.15, 0.2) is 0 Å². The largest absolute Gasteiger partial charge is 0.496 e. The number of rotatable bonds is 6. The summed E-state index contributed by atoms with van der Waals surface area (Å²) in [7, 11) is 1.51. The van der Waals surface area contributed by atoms with Crippen LogP contribution in [0.5, 0.6) is 5.75 Å². The zero-order chi connectivity index (χ0) is 24.2. The highest BCUT2D eigenvalue weighted by Crippen LogP contribution is 2.38. The maximum absolute atomic E-state index is 13.1. The van der Waals surface area contributed by atoms with E-state index in [0.717, 1.165) is 27.8 Å². The molecule has 0 atom stereocenters. The summed E-state index contributed by atoms with van der Waals surface area (Å²) < 4.78 is 5.32. The number of carbonyl (C=O) groups is 2. The van der Waals surface area contributed by atoms with Crippen LogP contribution in [0.4, 0.5) is 5.69 Å². The molecule has 0 fully saturated rings. The molecule has 7 nitrogen and oxygen atoms in total. The maximum Gasteiger partial charge on any atom is 0.283 e. The standard InChI is InChI=1S/C26H24N4O3S/c1-15-9-11-18(12-10-15)14-27-30-25(32)23-22(21-16(2)13-17(3)28-26(21)34-23)29-24(31)19-7-5-6-8-20(19)33-4/h5-14H,1-4H3,(H,29,31)(H,30,32)/b27-14-. The molecule has 0 aliphatic heterocycles. The Kier molecular flexibility index (Phi) is 6.70. The molecule has 0 spiro atoms. The van der Waals surface area contributed by atoms with Gasteiger partial charge in [-0.3, -0.25) is 9.59 Å². The van der Waals surface area contributed by atoms with Gasteiger partial charge in [-0.15, -0.1) is 11.3 Å². The van der Waals surface area contributed by atoms with Crippen molar-refractivity contribution in [2.24, 2.45) is 5.10 Å². The number of ether oxygens (including phenoxy) is 1. The minimum Gasteiger partial charge on any atom is -0.496 e. The molecule has 4 aromatic rings. The molecular formula is C26H24N4O3S. The van der Waals surface area contributed by atoms with Crippen molar-refractivity contribution in [3.05, 3.63) is 87.4 Å². The highest BCUT2D eigenvalue weighted by atomic mass is 32.1. The summed E-state index contributed by atoms with van der Waals surface area (Å²) in [5.41, 5.74) is 7.09. The van der Waals surface area contributed by atoms with E-state index in [1.54, 1.807) is 30.5 Å². The van der Waals surface area contributed by atoms with Crippen LogP contribution in [0.25, 0.3) is 10.2 Å². The van der Waals surface area contributed by atoms with Gasteiger partial charge in [0.1, 0.15) is 15.5 Å². The molecule has 4 rings (SSSR count). The highest BCUT2D eigenvalue weighted by molar-refractivity contribution is 7.21. The maximum atomic E-state index is 13.1. The Hall–Kier alpha value is -4.04. The number of amides is 2. The minimum absolute atomic E-state index is 0.320. The van der Waals surface area contributed by atoms with Crippen LogP contribution in [0.3, 0.4) is 0 Å². The fourth-order valence-corrected chi connectivity index (χ4v) is 4.74. The van der Waals surface area contributed by atoms with Gasteiger partial charge in [-0.05, 0) is 50.1 Å². The van der Waals surface area contributed by atoms with Crippen LogP contribution in [0.2, 0.25) is 0 Å². The van der Waals surface area contributed by atoms with Crippen molar-refractivity contribution in [3.8, 4) is 5.75 Å². The van der Waals surface area contributed by atoms with Crippen molar-refractivity contribution < 1.29 is 14.3 Å². The SMILES string of the molecule is COc1ccccc1C(=O)Nc1c(C(=O)N/N=C\c2ccc(C)cc2)sc2nc(C)cc(C)c12. The number of fused-ring (bicyclic) bond motifs is 1. The smallest absolute Gasteiger partial charge is 0.283 e. The number of hydrogen-bond donors (Lipinski definition) is 2. The summed E-state index contributed by atoms with van der Waals surface area (Å²) in [5.74, 6) is -0.369. The first-order valence-corrected chi connectivity index (χ1v) is 11.4. The van der Waals surface area contributed by atoms with Gasteiger partial charge in [0, 0.05) is 11.1 Å². The second-order valence-electron chi connectivity index (χ2n) is 7.83. The number of para-hydroxylation sites is 1. The third-order valence-electron chi connectivity index (χ3n) is 5.24. The van der Waals surface area contributed by atoms with Crippen LogP contribution in [0.1, 0.15) is 42.4 Å². The lowest BCUT2D eigenvalue weighted by Crippen LogP contribution is -2.20. The van der Waals surface area contributed by atoms with Crippen molar-refractivity contribution in [3.63, 3.8) is 0 Å². The number of benzene rings is 2. The quantitative estimate of drug-likeness (QED) is 0.296. The molecule has 172 valence electrons. The van der Waals surface area contributed by atoms with Gasteiger partial charge in [-0.1, -0.05) is 42.0 Å². The number of nitrogens with zero attached hydrogens (tertiary/aromatic N) is 2. The number of aryl methyl sites for hydroxylation is 3. The van der Waals surface area contributed by atoms with Gasteiger partial charge in [-0.25, -0.2) is 10.4 Å². The van der Waals surface area contributed by atoms with Crippen LogP contribution in [-0.4, -0.2) is 30.1 Å². The van der Waals surface area contributed by atoms with Gasteiger partial charge in [0.2, 0.25) is 0 Å². The van der Waals surface area contributed by atoms with E-state index in [0.29, 0.717) is 26.7 Å². The summed E-state index contributed by atoms with van der Waals surface area (Å²) in [6.45, 7) is 5.83. The molecule has 0 saturated carbocycles. The predicted octanol–water partition coefficient (Wildman–Crippen LogP) is 5.25. The van der Waals surface area contributed by atoms with Crippen LogP contribution >= 0.6 is 11.3 Å². The number of methoxy groups -OCH3 is 1.